The molecule has 0 bridgehead atoms. The van der Waals surface area contributed by atoms with Gasteiger partial charge in [-0.1, -0.05) is 64.0 Å². The van der Waals surface area contributed by atoms with E-state index < -0.39 is 0 Å². The molecule has 1 aliphatic carbocycles. The summed E-state index contributed by atoms with van der Waals surface area (Å²) in [6.07, 6.45) is 14.8. The van der Waals surface area contributed by atoms with Crippen molar-refractivity contribution >= 4 is 11.9 Å². The second-order valence-corrected chi connectivity index (χ2v) is 9.35. The maximum atomic E-state index is 12.5. The lowest BCUT2D eigenvalue weighted by Crippen LogP contribution is -2.14. The van der Waals surface area contributed by atoms with E-state index >= 15 is 0 Å². The molecule has 0 aromatic heterocycles. The molecule has 0 spiro atoms. The van der Waals surface area contributed by atoms with Crippen LogP contribution in [0.5, 0.6) is 11.5 Å². The van der Waals surface area contributed by atoms with Crippen LogP contribution in [0.3, 0.4) is 0 Å². The van der Waals surface area contributed by atoms with Crippen molar-refractivity contribution in [3.8, 4) is 11.5 Å². The quantitative estimate of drug-likeness (QED) is 0.199. The first-order valence-corrected chi connectivity index (χ1v) is 12.7. The van der Waals surface area contributed by atoms with Gasteiger partial charge in [0, 0.05) is 6.92 Å². The number of ether oxygens (including phenoxy) is 2. The predicted octanol–water partition coefficient (Wildman–Crippen LogP) is 7.86. The van der Waals surface area contributed by atoms with Gasteiger partial charge in [0.05, 0.1) is 5.56 Å². The average Bonchev–Trinajstić information content (AvgIpc) is 2.83. The van der Waals surface area contributed by atoms with Gasteiger partial charge < -0.3 is 9.47 Å². The standard InChI is InChI=1S/C29H38O4/c1-3-4-5-6-7-8-9-23-10-12-24(13-11-23)25-14-16-26(17-15-25)29(31)33-28-20-18-27(19-21-28)32-22(2)30/h14-21,23-24H,3-13H2,1-2H3. The lowest BCUT2D eigenvalue weighted by Gasteiger charge is -2.29. The monoisotopic (exact) mass is 450 g/mol. The van der Waals surface area contributed by atoms with Gasteiger partial charge in [-0.25, -0.2) is 4.79 Å². The second-order valence-electron chi connectivity index (χ2n) is 9.35. The highest BCUT2D eigenvalue weighted by Crippen LogP contribution is 2.38. The minimum absolute atomic E-state index is 0.383. The average molecular weight is 451 g/mol. The Hall–Kier alpha value is -2.62. The zero-order chi connectivity index (χ0) is 23.5. The molecule has 0 N–H and O–H groups in total. The highest BCUT2D eigenvalue weighted by molar-refractivity contribution is 5.91. The molecular formula is C29H38O4. The second kappa shape index (κ2) is 13.2. The first-order chi connectivity index (χ1) is 16.0. The van der Waals surface area contributed by atoms with Crippen molar-refractivity contribution < 1.29 is 19.1 Å². The number of hydrogen-bond donors (Lipinski definition) is 0. The number of hydrogen-bond acceptors (Lipinski definition) is 4. The summed E-state index contributed by atoms with van der Waals surface area (Å²) >= 11 is 0. The van der Waals surface area contributed by atoms with E-state index in [0.29, 0.717) is 23.0 Å². The van der Waals surface area contributed by atoms with Crippen LogP contribution in [0.15, 0.2) is 48.5 Å². The first kappa shape index (κ1) is 25.0. The van der Waals surface area contributed by atoms with Gasteiger partial charge in [-0.3, -0.25) is 4.79 Å². The summed E-state index contributed by atoms with van der Waals surface area (Å²) < 4.78 is 10.4. The molecule has 4 heteroatoms. The Bertz CT molecular complexity index is 861. The topological polar surface area (TPSA) is 52.6 Å². The first-order valence-electron chi connectivity index (χ1n) is 12.7. The van der Waals surface area contributed by atoms with Gasteiger partial charge in [0.1, 0.15) is 11.5 Å². The summed E-state index contributed by atoms with van der Waals surface area (Å²) in [5.74, 6) is 1.58. The van der Waals surface area contributed by atoms with Crippen LogP contribution in [0.4, 0.5) is 0 Å². The molecule has 2 aromatic carbocycles. The molecule has 0 atom stereocenters. The molecule has 0 unspecified atom stereocenters. The van der Waals surface area contributed by atoms with Gasteiger partial charge in [-0.2, -0.15) is 0 Å². The molecule has 1 saturated carbocycles. The van der Waals surface area contributed by atoms with E-state index in [4.69, 9.17) is 9.47 Å². The van der Waals surface area contributed by atoms with Crippen molar-refractivity contribution in [3.63, 3.8) is 0 Å². The van der Waals surface area contributed by atoms with Crippen LogP contribution in [0.25, 0.3) is 0 Å². The molecule has 33 heavy (non-hydrogen) atoms. The number of carbonyl (C=O) groups excluding carboxylic acids is 2. The SMILES string of the molecule is CCCCCCCCC1CCC(c2ccc(C(=O)Oc3ccc(OC(C)=O)cc3)cc2)CC1. The van der Waals surface area contributed by atoms with Crippen molar-refractivity contribution in [3.05, 3.63) is 59.7 Å². The number of benzene rings is 2. The Morgan fingerprint density at radius 2 is 1.33 bits per heavy atom. The summed E-state index contributed by atoms with van der Waals surface area (Å²) in [6.45, 7) is 3.62. The zero-order valence-corrected chi connectivity index (χ0v) is 20.2. The minimum atomic E-state index is -0.385. The number of unbranched alkanes of at least 4 members (excludes halogenated alkanes) is 5. The predicted molar refractivity (Wildman–Crippen MR) is 132 cm³/mol. The fraction of sp³-hybridized carbons (Fsp3) is 0.517. The van der Waals surface area contributed by atoms with Crippen LogP contribution in [0.1, 0.15) is 106 Å². The molecule has 2 aromatic rings. The molecule has 4 nitrogen and oxygen atoms in total. The Balaban J connectivity index is 1.42. The lowest BCUT2D eigenvalue weighted by molar-refractivity contribution is -0.131. The van der Waals surface area contributed by atoms with Gasteiger partial charge in [-0.05, 0) is 79.5 Å². The largest absolute Gasteiger partial charge is 0.427 e. The van der Waals surface area contributed by atoms with Crippen molar-refractivity contribution in [2.45, 2.75) is 90.4 Å². The normalized spacial score (nSPS) is 18.0. The molecule has 3 rings (SSSR count). The van der Waals surface area contributed by atoms with E-state index in [1.165, 1.54) is 83.1 Å². The Labute approximate surface area is 198 Å². The third-order valence-electron chi connectivity index (χ3n) is 6.73. The summed E-state index contributed by atoms with van der Waals surface area (Å²) in [6, 6.07) is 14.4. The van der Waals surface area contributed by atoms with E-state index in [1.807, 2.05) is 12.1 Å². The minimum Gasteiger partial charge on any atom is -0.427 e. The number of esters is 2. The molecule has 0 amide bonds. The van der Waals surface area contributed by atoms with Crippen LogP contribution in [0.2, 0.25) is 0 Å². The maximum Gasteiger partial charge on any atom is 0.343 e. The molecule has 178 valence electrons. The Morgan fingerprint density at radius 3 is 1.94 bits per heavy atom. The van der Waals surface area contributed by atoms with Crippen LogP contribution in [-0.2, 0) is 4.79 Å². The van der Waals surface area contributed by atoms with Crippen LogP contribution in [0, 0.1) is 5.92 Å². The van der Waals surface area contributed by atoms with Gasteiger partial charge in [0.25, 0.3) is 0 Å². The smallest absolute Gasteiger partial charge is 0.343 e. The summed E-state index contributed by atoms with van der Waals surface area (Å²) in [7, 11) is 0. The van der Waals surface area contributed by atoms with Gasteiger partial charge in [0.15, 0.2) is 0 Å². The van der Waals surface area contributed by atoms with Gasteiger partial charge in [-0.15, -0.1) is 0 Å². The molecule has 1 fully saturated rings. The van der Waals surface area contributed by atoms with Crippen LogP contribution in [-0.4, -0.2) is 11.9 Å². The van der Waals surface area contributed by atoms with Crippen molar-refractivity contribution in [1.29, 1.82) is 0 Å². The summed E-state index contributed by atoms with van der Waals surface area (Å²) in [5, 5.41) is 0. The van der Waals surface area contributed by atoms with E-state index in [1.54, 1.807) is 24.3 Å². The number of rotatable bonds is 11. The Kier molecular flexibility index (Phi) is 9.99. The van der Waals surface area contributed by atoms with Crippen LogP contribution < -0.4 is 9.47 Å². The summed E-state index contributed by atoms with van der Waals surface area (Å²) in [4.78, 5) is 23.5. The zero-order valence-electron chi connectivity index (χ0n) is 20.2. The van der Waals surface area contributed by atoms with Crippen molar-refractivity contribution in [2.24, 2.45) is 5.92 Å². The maximum absolute atomic E-state index is 12.5. The Morgan fingerprint density at radius 1 is 0.758 bits per heavy atom. The van der Waals surface area contributed by atoms with Crippen molar-refractivity contribution in [2.75, 3.05) is 0 Å². The van der Waals surface area contributed by atoms with E-state index in [9.17, 15) is 9.59 Å². The van der Waals surface area contributed by atoms with E-state index in [0.717, 1.165) is 5.92 Å². The number of carbonyl (C=O) groups is 2. The molecule has 1 aliphatic rings. The van der Waals surface area contributed by atoms with Crippen molar-refractivity contribution in [1.82, 2.24) is 0 Å². The lowest BCUT2D eigenvalue weighted by atomic mass is 9.77. The highest BCUT2D eigenvalue weighted by Gasteiger charge is 2.22. The van der Waals surface area contributed by atoms with Gasteiger partial charge in [0.2, 0.25) is 0 Å². The third kappa shape index (κ3) is 8.34. The van der Waals surface area contributed by atoms with Crippen LogP contribution >= 0.6 is 0 Å². The molecule has 0 heterocycles. The van der Waals surface area contributed by atoms with Gasteiger partial charge >= 0.3 is 11.9 Å². The highest BCUT2D eigenvalue weighted by atomic mass is 16.5. The third-order valence-corrected chi connectivity index (χ3v) is 6.73. The fourth-order valence-electron chi connectivity index (χ4n) is 4.80. The molecule has 0 aliphatic heterocycles. The molecule has 0 radical (unpaired) electrons. The van der Waals surface area contributed by atoms with E-state index in [2.05, 4.69) is 19.1 Å². The fourth-order valence-corrected chi connectivity index (χ4v) is 4.80. The molecular weight excluding hydrogens is 412 g/mol. The summed E-state index contributed by atoms with van der Waals surface area (Å²) in [5.41, 5.74) is 1.87. The molecule has 0 saturated heterocycles. The van der Waals surface area contributed by atoms with E-state index in [-0.39, 0.29) is 11.9 Å².